The highest BCUT2D eigenvalue weighted by molar-refractivity contribution is 6.10. The largest absolute Gasteiger partial charge is 0.326 e. The molecule has 1 aliphatic heterocycles. The maximum atomic E-state index is 12.7. The van der Waals surface area contributed by atoms with Gasteiger partial charge in [-0.1, -0.05) is 48.5 Å². The van der Waals surface area contributed by atoms with Crippen LogP contribution < -0.4 is 5.32 Å². The van der Waals surface area contributed by atoms with Gasteiger partial charge < -0.3 is 5.32 Å². The predicted octanol–water partition coefficient (Wildman–Crippen LogP) is 3.45. The van der Waals surface area contributed by atoms with Crippen molar-refractivity contribution in [3.8, 4) is 0 Å². The fourth-order valence-corrected chi connectivity index (χ4v) is 2.57. The lowest BCUT2D eigenvalue weighted by molar-refractivity contribution is -0.128. The minimum absolute atomic E-state index is 0.0135. The number of guanidine groups is 1. The third-order valence-corrected chi connectivity index (χ3v) is 3.61. The minimum Gasteiger partial charge on any atom is -0.326 e. The lowest BCUT2D eigenvalue weighted by atomic mass is 10.1. The summed E-state index contributed by atoms with van der Waals surface area (Å²) in [6, 6.07) is 19.1. The number of para-hydroxylation sites is 1. The number of rotatable bonds is 3. The van der Waals surface area contributed by atoms with E-state index in [1.165, 1.54) is 0 Å². The van der Waals surface area contributed by atoms with Crippen molar-refractivity contribution in [3.05, 3.63) is 66.2 Å². The number of aliphatic imine (C=N–C) groups is 1. The molecule has 1 atom stereocenters. The Kier molecular flexibility index (Phi) is 3.92. The van der Waals surface area contributed by atoms with Crippen molar-refractivity contribution >= 4 is 17.6 Å². The van der Waals surface area contributed by atoms with Crippen molar-refractivity contribution in [2.45, 2.75) is 25.9 Å². The van der Waals surface area contributed by atoms with E-state index >= 15 is 0 Å². The molecule has 0 saturated carbocycles. The monoisotopic (exact) mass is 293 g/mol. The summed E-state index contributed by atoms with van der Waals surface area (Å²) < 4.78 is 0. The van der Waals surface area contributed by atoms with Gasteiger partial charge in [-0.3, -0.25) is 9.69 Å². The smallest absolute Gasteiger partial charge is 0.259 e. The maximum absolute atomic E-state index is 12.7. The van der Waals surface area contributed by atoms with Crippen molar-refractivity contribution in [2.24, 2.45) is 4.99 Å². The molecule has 0 radical (unpaired) electrons. The maximum Gasteiger partial charge on any atom is 0.259 e. The van der Waals surface area contributed by atoms with Crippen LogP contribution in [0.1, 0.15) is 25.5 Å². The molecule has 1 heterocycles. The van der Waals surface area contributed by atoms with Crippen LogP contribution >= 0.6 is 0 Å². The third-order valence-electron chi connectivity index (χ3n) is 3.61. The predicted molar refractivity (Wildman–Crippen MR) is 88.7 cm³/mol. The molecule has 22 heavy (non-hydrogen) atoms. The Morgan fingerprint density at radius 2 is 1.59 bits per heavy atom. The number of carbonyl (C=O) groups is 1. The van der Waals surface area contributed by atoms with Gasteiger partial charge in [0, 0.05) is 11.7 Å². The number of nitrogens with zero attached hydrogens (tertiary/aromatic N) is 2. The van der Waals surface area contributed by atoms with Crippen LogP contribution in [-0.2, 0) is 4.79 Å². The summed E-state index contributed by atoms with van der Waals surface area (Å²) in [5.41, 5.74) is 1.84. The number of nitrogens with one attached hydrogen (secondary N) is 1. The number of hydrogen-bond acceptors (Lipinski definition) is 3. The molecular weight excluding hydrogens is 274 g/mol. The molecule has 0 aromatic heterocycles. The normalized spacial score (nSPS) is 17.8. The van der Waals surface area contributed by atoms with Gasteiger partial charge in [-0.2, -0.15) is 0 Å². The Morgan fingerprint density at radius 3 is 2.18 bits per heavy atom. The van der Waals surface area contributed by atoms with E-state index < -0.39 is 6.04 Å². The van der Waals surface area contributed by atoms with Crippen molar-refractivity contribution < 1.29 is 4.79 Å². The van der Waals surface area contributed by atoms with Crippen molar-refractivity contribution in [3.63, 3.8) is 0 Å². The van der Waals surface area contributed by atoms with Crippen LogP contribution in [0.2, 0.25) is 0 Å². The second kappa shape index (κ2) is 6.02. The topological polar surface area (TPSA) is 44.7 Å². The third kappa shape index (κ3) is 2.72. The standard InChI is InChI=1S/C18H19N3O/c1-13(2)21-17(22)16(14-9-5-3-6-10-14)20-18(21)19-15-11-7-4-8-12-15/h3-13,16H,1-2H3,(H,19,20)/t16-/m1/s1. The molecule has 2 aromatic rings. The average Bonchev–Trinajstić information content (AvgIpc) is 2.85. The molecule has 3 rings (SSSR count). The van der Waals surface area contributed by atoms with Crippen molar-refractivity contribution in [2.75, 3.05) is 5.32 Å². The van der Waals surface area contributed by atoms with Crippen molar-refractivity contribution in [1.82, 2.24) is 4.90 Å². The zero-order chi connectivity index (χ0) is 15.5. The first-order valence-corrected chi connectivity index (χ1v) is 7.44. The van der Waals surface area contributed by atoms with E-state index in [0.29, 0.717) is 5.96 Å². The van der Waals surface area contributed by atoms with E-state index in [-0.39, 0.29) is 11.9 Å². The Morgan fingerprint density at radius 1 is 1.00 bits per heavy atom. The molecule has 0 bridgehead atoms. The highest BCUT2D eigenvalue weighted by atomic mass is 16.2. The second-order valence-corrected chi connectivity index (χ2v) is 5.56. The molecule has 0 spiro atoms. The molecule has 1 N–H and O–H groups in total. The summed E-state index contributed by atoms with van der Waals surface area (Å²) in [6.07, 6.45) is 0. The van der Waals surface area contributed by atoms with Crippen LogP contribution in [0.5, 0.6) is 0 Å². The van der Waals surface area contributed by atoms with Crippen LogP contribution in [0.4, 0.5) is 5.69 Å². The van der Waals surface area contributed by atoms with Gasteiger partial charge in [-0.25, -0.2) is 4.99 Å². The summed E-state index contributed by atoms with van der Waals surface area (Å²) in [6.45, 7) is 3.99. The van der Waals surface area contributed by atoms with E-state index in [1.807, 2.05) is 74.5 Å². The Balaban J connectivity index is 1.93. The van der Waals surface area contributed by atoms with Gasteiger partial charge in [0.25, 0.3) is 5.91 Å². The molecule has 0 aliphatic carbocycles. The van der Waals surface area contributed by atoms with Crippen LogP contribution in [0.3, 0.4) is 0 Å². The molecule has 1 amide bonds. The van der Waals surface area contributed by atoms with Gasteiger partial charge in [0.05, 0.1) is 0 Å². The SMILES string of the molecule is CC(C)N1C(=O)[C@@H](c2ccccc2)N=C1Nc1ccccc1. The quantitative estimate of drug-likeness (QED) is 0.942. The van der Waals surface area contributed by atoms with Gasteiger partial charge in [0.1, 0.15) is 0 Å². The first-order chi connectivity index (χ1) is 10.7. The van der Waals surface area contributed by atoms with Crippen LogP contribution in [-0.4, -0.2) is 22.8 Å². The molecule has 4 heteroatoms. The first-order valence-electron chi connectivity index (χ1n) is 7.44. The zero-order valence-corrected chi connectivity index (χ0v) is 12.7. The molecule has 112 valence electrons. The zero-order valence-electron chi connectivity index (χ0n) is 12.7. The molecular formula is C18H19N3O. The fourth-order valence-electron chi connectivity index (χ4n) is 2.57. The second-order valence-electron chi connectivity index (χ2n) is 5.56. The summed E-state index contributed by atoms with van der Waals surface area (Å²) in [4.78, 5) is 19.1. The van der Waals surface area contributed by atoms with Gasteiger partial charge in [0.2, 0.25) is 5.96 Å². The molecule has 1 aliphatic rings. The van der Waals surface area contributed by atoms with Gasteiger partial charge in [0.15, 0.2) is 6.04 Å². The molecule has 2 aromatic carbocycles. The Labute approximate surface area is 130 Å². The molecule has 0 saturated heterocycles. The molecule has 4 nitrogen and oxygen atoms in total. The van der Waals surface area contributed by atoms with E-state index in [1.54, 1.807) is 4.90 Å². The van der Waals surface area contributed by atoms with E-state index in [2.05, 4.69) is 10.3 Å². The van der Waals surface area contributed by atoms with Gasteiger partial charge in [-0.05, 0) is 31.5 Å². The summed E-state index contributed by atoms with van der Waals surface area (Å²) in [7, 11) is 0. The summed E-state index contributed by atoms with van der Waals surface area (Å²) in [5.74, 6) is 0.625. The molecule has 0 fully saturated rings. The number of anilines is 1. The number of benzene rings is 2. The van der Waals surface area contributed by atoms with Crippen LogP contribution in [0.15, 0.2) is 65.7 Å². The van der Waals surface area contributed by atoms with Gasteiger partial charge in [-0.15, -0.1) is 0 Å². The highest BCUT2D eigenvalue weighted by Gasteiger charge is 2.37. The first kappa shape index (κ1) is 14.3. The van der Waals surface area contributed by atoms with E-state index in [9.17, 15) is 4.79 Å². The Bertz CT molecular complexity index is 680. The lowest BCUT2D eigenvalue weighted by Crippen LogP contribution is -2.42. The highest BCUT2D eigenvalue weighted by Crippen LogP contribution is 2.28. The van der Waals surface area contributed by atoms with Crippen molar-refractivity contribution in [1.29, 1.82) is 0 Å². The fraction of sp³-hybridized carbons (Fsp3) is 0.222. The molecule has 0 unspecified atom stereocenters. The summed E-state index contributed by atoms with van der Waals surface area (Å²) in [5, 5.41) is 3.26. The number of hydrogen-bond donors (Lipinski definition) is 1. The van der Waals surface area contributed by atoms with Crippen LogP contribution in [0, 0.1) is 0 Å². The average molecular weight is 293 g/mol. The number of amides is 1. The number of carbonyl (C=O) groups excluding carboxylic acids is 1. The Hall–Kier alpha value is -2.62. The summed E-state index contributed by atoms with van der Waals surface area (Å²) >= 11 is 0. The van der Waals surface area contributed by atoms with E-state index in [0.717, 1.165) is 11.3 Å². The lowest BCUT2D eigenvalue weighted by Gasteiger charge is -2.23. The van der Waals surface area contributed by atoms with Gasteiger partial charge >= 0.3 is 0 Å². The minimum atomic E-state index is -0.463. The van der Waals surface area contributed by atoms with Crippen LogP contribution in [0.25, 0.3) is 0 Å². The van der Waals surface area contributed by atoms with E-state index in [4.69, 9.17) is 0 Å².